The smallest absolute Gasteiger partial charge is 0.326 e. The van der Waals surface area contributed by atoms with Gasteiger partial charge in [0.1, 0.15) is 13.2 Å². The van der Waals surface area contributed by atoms with Gasteiger partial charge in [0.2, 0.25) is 0 Å². The molecular formula is C23H22ClNO6S. The first kappa shape index (κ1) is 23.7. The Labute approximate surface area is 195 Å². The van der Waals surface area contributed by atoms with E-state index >= 15 is 0 Å². The van der Waals surface area contributed by atoms with Gasteiger partial charge in [-0.1, -0.05) is 41.9 Å². The number of methoxy groups -OCH3 is 1. The molecule has 1 heterocycles. The Hall–Kier alpha value is -2.97. The Morgan fingerprint density at radius 2 is 1.91 bits per heavy atom. The maximum absolute atomic E-state index is 12.6. The Morgan fingerprint density at radius 3 is 2.56 bits per heavy atom. The van der Waals surface area contributed by atoms with Gasteiger partial charge in [0, 0.05) is 0 Å². The summed E-state index contributed by atoms with van der Waals surface area (Å²) in [5, 5.41) is -0.242. The Balaban J connectivity index is 1.78. The molecule has 0 aromatic heterocycles. The van der Waals surface area contributed by atoms with Crippen molar-refractivity contribution in [2.45, 2.75) is 26.6 Å². The molecule has 0 radical (unpaired) electrons. The fourth-order valence-corrected chi connectivity index (χ4v) is 4.02. The molecule has 0 bridgehead atoms. The van der Waals surface area contributed by atoms with E-state index in [0.29, 0.717) is 28.7 Å². The molecule has 3 rings (SSSR count). The lowest BCUT2D eigenvalue weighted by Crippen LogP contribution is -2.35. The first-order valence-electron chi connectivity index (χ1n) is 9.77. The maximum Gasteiger partial charge on any atom is 0.326 e. The molecule has 1 aliphatic heterocycles. The minimum atomic E-state index is -0.645. The van der Waals surface area contributed by atoms with Crippen molar-refractivity contribution in [1.82, 2.24) is 4.90 Å². The van der Waals surface area contributed by atoms with E-state index in [2.05, 4.69) is 0 Å². The molecule has 2 amide bonds. The highest BCUT2D eigenvalue weighted by Gasteiger charge is 2.36. The van der Waals surface area contributed by atoms with Gasteiger partial charge in [0.25, 0.3) is 11.1 Å². The van der Waals surface area contributed by atoms with Crippen LogP contribution in [0.15, 0.2) is 47.4 Å². The van der Waals surface area contributed by atoms with Gasteiger partial charge in [0.15, 0.2) is 11.5 Å². The number of carbonyl (C=O) groups excluding carboxylic acids is 3. The number of nitrogens with zero attached hydrogens (tertiary/aromatic N) is 1. The monoisotopic (exact) mass is 475 g/mol. The summed E-state index contributed by atoms with van der Waals surface area (Å²) in [4.78, 5) is 37.7. The van der Waals surface area contributed by atoms with Gasteiger partial charge in [-0.3, -0.25) is 19.3 Å². The molecule has 0 unspecified atom stereocenters. The number of hydrogen-bond donors (Lipinski definition) is 0. The third kappa shape index (κ3) is 5.83. The minimum Gasteiger partial charge on any atom is -0.493 e. The first-order valence-corrected chi connectivity index (χ1v) is 11.0. The van der Waals surface area contributed by atoms with Crippen LogP contribution < -0.4 is 9.47 Å². The van der Waals surface area contributed by atoms with Crippen LogP contribution in [0.3, 0.4) is 0 Å². The number of thioether (sulfide) groups is 1. The van der Waals surface area contributed by atoms with Crippen molar-refractivity contribution in [3.05, 3.63) is 63.5 Å². The summed E-state index contributed by atoms with van der Waals surface area (Å²) in [6.07, 6.45) is 1.18. The second-order valence-corrected chi connectivity index (χ2v) is 8.52. The van der Waals surface area contributed by atoms with Crippen molar-refractivity contribution in [3.63, 3.8) is 0 Å². The van der Waals surface area contributed by atoms with Crippen molar-refractivity contribution in [3.8, 4) is 11.5 Å². The number of carbonyl (C=O) groups is 3. The van der Waals surface area contributed by atoms with Crippen LogP contribution in [-0.2, 0) is 20.9 Å². The van der Waals surface area contributed by atoms with Gasteiger partial charge < -0.3 is 14.2 Å². The maximum atomic E-state index is 12.6. The SMILES string of the molecule is COc1cc(/C=C2\SC(=O)N(CC(=O)OC(C)C)C2=O)cc(Cl)c1OCc1ccccc1. The van der Waals surface area contributed by atoms with E-state index in [0.717, 1.165) is 22.2 Å². The third-order valence-corrected chi connectivity index (χ3v) is 5.49. The Bertz CT molecular complexity index is 1050. The Morgan fingerprint density at radius 1 is 1.19 bits per heavy atom. The predicted octanol–water partition coefficient (Wildman–Crippen LogP) is 4.92. The lowest BCUT2D eigenvalue weighted by atomic mass is 10.1. The summed E-state index contributed by atoms with van der Waals surface area (Å²) in [6, 6.07) is 12.9. The van der Waals surface area contributed by atoms with Crippen LogP contribution in [0, 0.1) is 0 Å². The van der Waals surface area contributed by atoms with Crippen LogP contribution in [-0.4, -0.2) is 41.8 Å². The Kier molecular flexibility index (Phi) is 7.82. The molecule has 0 spiro atoms. The van der Waals surface area contributed by atoms with E-state index in [1.165, 1.54) is 13.2 Å². The zero-order valence-corrected chi connectivity index (χ0v) is 19.4. The number of imide groups is 1. The van der Waals surface area contributed by atoms with Crippen molar-refractivity contribution in [1.29, 1.82) is 0 Å². The summed E-state index contributed by atoms with van der Waals surface area (Å²) in [5.74, 6) is -0.451. The van der Waals surface area contributed by atoms with Crippen molar-refractivity contribution < 1.29 is 28.6 Å². The minimum absolute atomic E-state index is 0.170. The number of benzene rings is 2. The van der Waals surface area contributed by atoms with E-state index in [9.17, 15) is 14.4 Å². The molecule has 9 heteroatoms. The second-order valence-electron chi connectivity index (χ2n) is 7.11. The molecule has 0 N–H and O–H groups in total. The van der Waals surface area contributed by atoms with Crippen LogP contribution in [0.2, 0.25) is 5.02 Å². The van der Waals surface area contributed by atoms with Gasteiger partial charge in [-0.2, -0.15) is 0 Å². The van der Waals surface area contributed by atoms with E-state index in [-0.39, 0.29) is 11.0 Å². The topological polar surface area (TPSA) is 82.1 Å². The van der Waals surface area contributed by atoms with Crippen LogP contribution in [0.4, 0.5) is 4.79 Å². The van der Waals surface area contributed by atoms with Crippen molar-refractivity contribution in [2.24, 2.45) is 0 Å². The van der Waals surface area contributed by atoms with Gasteiger partial charge in [0.05, 0.1) is 23.1 Å². The van der Waals surface area contributed by atoms with Crippen LogP contribution in [0.1, 0.15) is 25.0 Å². The van der Waals surface area contributed by atoms with E-state index in [1.807, 2.05) is 30.3 Å². The van der Waals surface area contributed by atoms with Crippen LogP contribution in [0.25, 0.3) is 6.08 Å². The quantitative estimate of drug-likeness (QED) is 0.396. The molecule has 32 heavy (non-hydrogen) atoms. The van der Waals surface area contributed by atoms with E-state index in [1.54, 1.807) is 26.0 Å². The standard InChI is InChI=1S/C23H22ClNO6S/c1-14(2)31-20(26)12-25-22(27)19(32-23(25)28)11-16-9-17(24)21(18(10-16)29-3)30-13-15-7-5-4-6-8-15/h4-11,14H,12-13H2,1-3H3/b19-11-. The van der Waals surface area contributed by atoms with Crippen molar-refractivity contribution in [2.75, 3.05) is 13.7 Å². The highest BCUT2D eigenvalue weighted by atomic mass is 35.5. The summed E-state index contributed by atoms with van der Waals surface area (Å²) in [5.41, 5.74) is 1.52. The summed E-state index contributed by atoms with van der Waals surface area (Å²) >= 11 is 7.16. The molecule has 2 aromatic rings. The number of amides is 2. The molecular weight excluding hydrogens is 454 g/mol. The summed E-state index contributed by atoms with van der Waals surface area (Å²) in [6.45, 7) is 3.25. The first-order chi connectivity index (χ1) is 15.3. The molecule has 1 fully saturated rings. The molecule has 0 atom stereocenters. The predicted molar refractivity (Wildman–Crippen MR) is 123 cm³/mol. The van der Waals surface area contributed by atoms with Gasteiger partial charge in [-0.25, -0.2) is 0 Å². The molecule has 0 saturated carbocycles. The number of ether oxygens (including phenoxy) is 3. The lowest BCUT2D eigenvalue weighted by Gasteiger charge is -2.14. The highest BCUT2D eigenvalue weighted by molar-refractivity contribution is 8.18. The zero-order chi connectivity index (χ0) is 23.3. The highest BCUT2D eigenvalue weighted by Crippen LogP contribution is 2.39. The molecule has 168 valence electrons. The van der Waals surface area contributed by atoms with Gasteiger partial charge >= 0.3 is 5.97 Å². The van der Waals surface area contributed by atoms with Crippen molar-refractivity contribution >= 4 is 46.6 Å². The largest absolute Gasteiger partial charge is 0.493 e. The number of esters is 1. The van der Waals surface area contributed by atoms with E-state index in [4.69, 9.17) is 25.8 Å². The fourth-order valence-electron chi connectivity index (χ4n) is 2.91. The zero-order valence-electron chi connectivity index (χ0n) is 17.8. The van der Waals surface area contributed by atoms with Gasteiger partial charge in [-0.15, -0.1) is 0 Å². The number of halogens is 1. The van der Waals surface area contributed by atoms with Gasteiger partial charge in [-0.05, 0) is 54.9 Å². The lowest BCUT2D eigenvalue weighted by molar-refractivity contribution is -0.149. The van der Waals surface area contributed by atoms with E-state index < -0.39 is 23.7 Å². The van der Waals surface area contributed by atoms with Crippen LogP contribution in [0.5, 0.6) is 11.5 Å². The molecule has 7 nitrogen and oxygen atoms in total. The molecule has 2 aromatic carbocycles. The summed E-state index contributed by atoms with van der Waals surface area (Å²) in [7, 11) is 1.49. The average molecular weight is 476 g/mol. The molecule has 1 aliphatic rings. The molecule has 0 aliphatic carbocycles. The normalized spacial score (nSPS) is 14.9. The molecule has 1 saturated heterocycles. The number of hydrogen-bond acceptors (Lipinski definition) is 7. The fraction of sp³-hybridized carbons (Fsp3) is 0.261. The average Bonchev–Trinajstić information content (AvgIpc) is 3.00. The second kappa shape index (κ2) is 10.6. The number of rotatable bonds is 8. The third-order valence-electron chi connectivity index (χ3n) is 4.30. The summed E-state index contributed by atoms with van der Waals surface area (Å²) < 4.78 is 16.3. The van der Waals surface area contributed by atoms with Crippen LogP contribution >= 0.6 is 23.4 Å².